The number of esters is 1. The summed E-state index contributed by atoms with van der Waals surface area (Å²) < 4.78 is 17.8. The van der Waals surface area contributed by atoms with Crippen LogP contribution in [0.15, 0.2) is 48.5 Å². The lowest BCUT2D eigenvalue weighted by Crippen LogP contribution is -2.21. The zero-order valence-corrected chi connectivity index (χ0v) is 12.3. The van der Waals surface area contributed by atoms with Crippen molar-refractivity contribution in [3.8, 4) is 0 Å². The fraction of sp³-hybridized carbons (Fsp3) is 0.125. The lowest BCUT2D eigenvalue weighted by molar-refractivity contribution is -0.146. The number of carbonyl (C=O) groups excluding carboxylic acids is 2. The van der Waals surface area contributed by atoms with Crippen molar-refractivity contribution in [3.05, 3.63) is 64.9 Å². The first-order valence-electron chi connectivity index (χ1n) is 6.48. The predicted octanol–water partition coefficient (Wildman–Crippen LogP) is 3.20. The molecule has 0 fully saturated rings. The molecule has 4 nitrogen and oxygen atoms in total. The van der Waals surface area contributed by atoms with Gasteiger partial charge in [0.05, 0.1) is 6.42 Å². The van der Waals surface area contributed by atoms with Gasteiger partial charge in [-0.3, -0.25) is 9.59 Å². The number of nitrogens with one attached hydrogen (secondary N) is 1. The minimum atomic E-state index is -0.605. The van der Waals surface area contributed by atoms with Crippen molar-refractivity contribution in [2.24, 2.45) is 0 Å². The van der Waals surface area contributed by atoms with Crippen LogP contribution in [0, 0.1) is 5.82 Å². The van der Waals surface area contributed by atoms with Crippen LogP contribution >= 0.6 is 11.6 Å². The van der Waals surface area contributed by atoms with Crippen LogP contribution in [0.25, 0.3) is 0 Å². The van der Waals surface area contributed by atoms with Gasteiger partial charge in [0, 0.05) is 10.7 Å². The molecule has 6 heteroatoms. The molecule has 0 unspecified atom stereocenters. The average Bonchev–Trinajstić information content (AvgIpc) is 2.45. The van der Waals surface area contributed by atoms with E-state index in [0.29, 0.717) is 16.3 Å². The van der Waals surface area contributed by atoms with Gasteiger partial charge in [-0.1, -0.05) is 29.8 Å². The smallest absolute Gasteiger partial charge is 0.310 e. The van der Waals surface area contributed by atoms with Crippen molar-refractivity contribution in [2.75, 3.05) is 11.9 Å². The number of hydrogen-bond acceptors (Lipinski definition) is 3. The highest BCUT2D eigenvalue weighted by Crippen LogP contribution is 2.14. The molecular formula is C16H13ClFNO3. The first-order valence-corrected chi connectivity index (χ1v) is 6.86. The Morgan fingerprint density at radius 1 is 1.14 bits per heavy atom. The molecule has 0 spiro atoms. The van der Waals surface area contributed by atoms with Crippen LogP contribution in [-0.2, 0) is 20.7 Å². The van der Waals surface area contributed by atoms with Crippen molar-refractivity contribution in [3.63, 3.8) is 0 Å². The van der Waals surface area contributed by atoms with Gasteiger partial charge in [0.1, 0.15) is 5.82 Å². The maximum absolute atomic E-state index is 13.0. The molecule has 0 aliphatic carbocycles. The molecule has 2 rings (SSSR count). The van der Waals surface area contributed by atoms with Crippen LogP contribution in [0.4, 0.5) is 10.1 Å². The van der Waals surface area contributed by atoms with E-state index in [2.05, 4.69) is 5.32 Å². The summed E-state index contributed by atoms with van der Waals surface area (Å²) in [6, 6.07) is 12.2. The summed E-state index contributed by atoms with van der Waals surface area (Å²) in [4.78, 5) is 23.2. The monoisotopic (exact) mass is 321 g/mol. The maximum atomic E-state index is 13.0. The van der Waals surface area contributed by atoms with Gasteiger partial charge in [0.25, 0.3) is 5.91 Å². The van der Waals surface area contributed by atoms with Gasteiger partial charge in [-0.25, -0.2) is 4.39 Å². The lowest BCUT2D eigenvalue weighted by Gasteiger charge is -2.07. The molecule has 0 atom stereocenters. The Bertz CT molecular complexity index is 631. The van der Waals surface area contributed by atoms with Crippen molar-refractivity contribution in [1.29, 1.82) is 0 Å². The Hall–Kier alpha value is -2.40. The maximum Gasteiger partial charge on any atom is 0.310 e. The first-order chi connectivity index (χ1) is 10.5. The standard InChI is InChI=1S/C16H13ClFNO3/c17-12-4-2-6-14(9-12)19-15(20)10-22-16(21)8-11-3-1-5-13(18)7-11/h1-7,9H,8,10H2,(H,19,20). The first kappa shape index (κ1) is 16.0. The second-order valence-electron chi connectivity index (χ2n) is 4.53. The van der Waals surface area contributed by atoms with Crippen molar-refractivity contribution in [1.82, 2.24) is 0 Å². The highest BCUT2D eigenvalue weighted by Gasteiger charge is 2.09. The lowest BCUT2D eigenvalue weighted by atomic mass is 10.1. The zero-order chi connectivity index (χ0) is 15.9. The zero-order valence-electron chi connectivity index (χ0n) is 11.5. The molecule has 2 aromatic carbocycles. The summed E-state index contributed by atoms with van der Waals surface area (Å²) in [6.45, 7) is -0.416. The number of hydrogen-bond donors (Lipinski definition) is 1. The van der Waals surface area contributed by atoms with E-state index in [0.717, 1.165) is 0 Å². The molecule has 1 N–H and O–H groups in total. The highest BCUT2D eigenvalue weighted by atomic mass is 35.5. The molecule has 22 heavy (non-hydrogen) atoms. The van der Waals surface area contributed by atoms with Crippen molar-refractivity contribution < 1.29 is 18.7 Å². The largest absolute Gasteiger partial charge is 0.455 e. The van der Waals surface area contributed by atoms with Gasteiger partial charge in [0.15, 0.2) is 6.61 Å². The Morgan fingerprint density at radius 3 is 2.64 bits per heavy atom. The summed E-state index contributed by atoms with van der Waals surface area (Å²) in [5.41, 5.74) is 0.999. The SMILES string of the molecule is O=C(COC(=O)Cc1cccc(F)c1)Nc1cccc(Cl)c1. The number of amides is 1. The van der Waals surface area contributed by atoms with E-state index >= 15 is 0 Å². The number of benzene rings is 2. The van der Waals surface area contributed by atoms with E-state index in [1.54, 1.807) is 30.3 Å². The van der Waals surface area contributed by atoms with Crippen LogP contribution in [0.1, 0.15) is 5.56 Å². The normalized spacial score (nSPS) is 10.1. The number of ether oxygens (including phenoxy) is 1. The van der Waals surface area contributed by atoms with Crippen molar-refractivity contribution >= 4 is 29.2 Å². The molecule has 0 saturated heterocycles. The van der Waals surface area contributed by atoms with Crippen LogP contribution in [0.2, 0.25) is 5.02 Å². The van der Waals surface area contributed by atoms with Crippen LogP contribution < -0.4 is 5.32 Å². The minimum absolute atomic E-state index is 0.0950. The van der Waals surface area contributed by atoms with Gasteiger partial charge in [-0.05, 0) is 35.9 Å². The quantitative estimate of drug-likeness (QED) is 0.860. The third-order valence-electron chi connectivity index (χ3n) is 2.71. The minimum Gasteiger partial charge on any atom is -0.455 e. The average molecular weight is 322 g/mol. The Kier molecular flexibility index (Phi) is 5.49. The van der Waals surface area contributed by atoms with E-state index < -0.39 is 24.3 Å². The van der Waals surface area contributed by atoms with E-state index in [1.165, 1.54) is 18.2 Å². The molecule has 0 heterocycles. The Morgan fingerprint density at radius 2 is 1.91 bits per heavy atom. The summed E-state index contributed by atoms with van der Waals surface area (Å²) in [5, 5.41) is 3.04. The second-order valence-corrected chi connectivity index (χ2v) is 4.96. The summed E-state index contributed by atoms with van der Waals surface area (Å²) in [7, 11) is 0. The molecule has 0 aliphatic rings. The van der Waals surface area contributed by atoms with Gasteiger partial charge < -0.3 is 10.1 Å². The number of carbonyl (C=O) groups is 2. The molecule has 0 radical (unpaired) electrons. The number of halogens is 2. The van der Waals surface area contributed by atoms with Crippen LogP contribution in [0.5, 0.6) is 0 Å². The third kappa shape index (κ3) is 5.18. The molecule has 0 bridgehead atoms. The van der Waals surface area contributed by atoms with Gasteiger partial charge in [0.2, 0.25) is 0 Å². The number of rotatable bonds is 5. The topological polar surface area (TPSA) is 55.4 Å². The van der Waals surface area contributed by atoms with Gasteiger partial charge in [-0.15, -0.1) is 0 Å². The fourth-order valence-electron chi connectivity index (χ4n) is 1.77. The van der Waals surface area contributed by atoms with E-state index in [4.69, 9.17) is 16.3 Å². The summed E-state index contributed by atoms with van der Waals surface area (Å²) in [6.07, 6.45) is -0.0950. The van der Waals surface area contributed by atoms with E-state index in [1.807, 2.05) is 0 Å². The molecule has 0 aliphatic heterocycles. The summed E-state index contributed by atoms with van der Waals surface area (Å²) in [5.74, 6) is -1.51. The molecule has 2 aromatic rings. The molecule has 114 valence electrons. The molecular weight excluding hydrogens is 309 g/mol. The number of anilines is 1. The van der Waals surface area contributed by atoms with Gasteiger partial charge in [-0.2, -0.15) is 0 Å². The molecule has 0 saturated carbocycles. The van der Waals surface area contributed by atoms with E-state index in [9.17, 15) is 14.0 Å². The van der Waals surface area contributed by atoms with Gasteiger partial charge >= 0.3 is 5.97 Å². The van der Waals surface area contributed by atoms with Crippen LogP contribution in [0.3, 0.4) is 0 Å². The fourth-order valence-corrected chi connectivity index (χ4v) is 1.96. The van der Waals surface area contributed by atoms with E-state index in [-0.39, 0.29) is 6.42 Å². The highest BCUT2D eigenvalue weighted by molar-refractivity contribution is 6.30. The second kappa shape index (κ2) is 7.56. The Balaban J connectivity index is 1.79. The Labute approximate surface area is 131 Å². The molecule has 1 amide bonds. The third-order valence-corrected chi connectivity index (χ3v) is 2.95. The van der Waals surface area contributed by atoms with Crippen molar-refractivity contribution in [2.45, 2.75) is 6.42 Å². The molecule has 0 aromatic heterocycles. The predicted molar refractivity (Wildman–Crippen MR) is 81.1 cm³/mol. The van der Waals surface area contributed by atoms with Crippen LogP contribution in [-0.4, -0.2) is 18.5 Å². The summed E-state index contributed by atoms with van der Waals surface area (Å²) >= 11 is 5.79.